The lowest BCUT2D eigenvalue weighted by Gasteiger charge is -2.47. The lowest BCUT2D eigenvalue weighted by atomic mass is 9.86. The van der Waals surface area contributed by atoms with Crippen molar-refractivity contribution in [1.29, 1.82) is 0 Å². The Kier molecular flexibility index (Phi) is 24.1. The maximum absolute atomic E-state index is 16.0. The molecule has 5 aromatic carbocycles. The van der Waals surface area contributed by atoms with E-state index in [4.69, 9.17) is 63.1 Å². The Morgan fingerprint density at radius 3 is 1.91 bits per heavy atom. The Morgan fingerprint density at radius 2 is 1.33 bits per heavy atom. The van der Waals surface area contributed by atoms with Crippen molar-refractivity contribution in [2.75, 3.05) is 13.7 Å². The van der Waals surface area contributed by atoms with Gasteiger partial charge in [0, 0.05) is 29.2 Å². The van der Waals surface area contributed by atoms with Crippen LogP contribution in [-0.2, 0) is 47.8 Å². The predicted octanol–water partition coefficient (Wildman–Crippen LogP) is 0.320. The molecule has 0 aromatic heterocycles. The van der Waals surface area contributed by atoms with Crippen molar-refractivity contribution in [1.82, 2.24) is 37.2 Å². The fourth-order valence-electron chi connectivity index (χ4n) is 12.6. The van der Waals surface area contributed by atoms with E-state index in [0.717, 1.165) is 60.7 Å². The Bertz CT molecular complexity index is 4030. The molecule has 12 rings (SSSR count). The van der Waals surface area contributed by atoms with E-state index in [9.17, 15) is 75.3 Å². The normalized spacial score (nSPS) is 29.9. The van der Waals surface area contributed by atoms with E-state index < -0.39 is 232 Å². The molecule has 19 atom stereocenters. The molecule has 19 unspecified atom stereocenters. The second-order valence-electron chi connectivity index (χ2n) is 25.9. The van der Waals surface area contributed by atoms with Gasteiger partial charge in [-0.05, 0) is 116 Å². The molecule has 7 heterocycles. The number of phenols is 3. The van der Waals surface area contributed by atoms with Crippen LogP contribution in [0.5, 0.6) is 46.0 Å². The summed E-state index contributed by atoms with van der Waals surface area (Å²) in [5.74, 6) is -14.2. The third kappa shape index (κ3) is 16.5. The zero-order valence-corrected chi connectivity index (χ0v) is 57.2. The van der Waals surface area contributed by atoms with Crippen LogP contribution in [0.4, 0.5) is 0 Å². The van der Waals surface area contributed by atoms with Gasteiger partial charge in [-0.3, -0.25) is 38.9 Å². The second kappa shape index (κ2) is 31.6. The largest absolute Gasteiger partial charge is 0.508 e. The van der Waals surface area contributed by atoms with Gasteiger partial charge in [-0.1, -0.05) is 55.2 Å². The minimum absolute atomic E-state index is 0. The molecular weight excluding hydrogens is 1410 g/mol. The van der Waals surface area contributed by atoms with Gasteiger partial charge in [-0.15, -0.1) is 12.4 Å². The molecule has 0 spiro atoms. The van der Waals surface area contributed by atoms with Gasteiger partial charge >= 0.3 is 5.97 Å². The molecule has 11 bridgehead atoms. The zero-order valence-electron chi connectivity index (χ0n) is 54.8. The Morgan fingerprint density at radius 1 is 0.735 bits per heavy atom. The summed E-state index contributed by atoms with van der Waals surface area (Å²) in [6.45, 7) is 5.68. The first-order valence-corrected chi connectivity index (χ1v) is 32.5. The molecule has 2 saturated heterocycles. The molecule has 36 heteroatoms. The van der Waals surface area contributed by atoms with Crippen LogP contribution in [0.3, 0.4) is 0 Å². The summed E-state index contributed by atoms with van der Waals surface area (Å²) in [4.78, 5) is 102. The van der Waals surface area contributed by atoms with Crippen LogP contribution in [0.2, 0.25) is 10.0 Å². The minimum Gasteiger partial charge on any atom is -0.508 e. The average Bonchev–Trinajstić information content (AvgIpc) is 0.773. The number of aromatic hydroxyl groups is 3. The van der Waals surface area contributed by atoms with Crippen LogP contribution in [0.25, 0.3) is 11.1 Å². The summed E-state index contributed by atoms with van der Waals surface area (Å²) in [5, 5.41) is 143. The molecular formula is C66H78Cl3N9O24. The number of ether oxygens (including phenoxy) is 6. The monoisotopic (exact) mass is 1490 g/mol. The molecule has 33 nitrogen and oxygen atoms in total. The first kappa shape index (κ1) is 77.7. The molecule has 22 N–H and O–H groups in total. The number of aliphatic carboxylic acids is 1. The summed E-state index contributed by atoms with van der Waals surface area (Å²) in [6, 6.07) is -0.0280. The van der Waals surface area contributed by atoms with Crippen LogP contribution >= 0.6 is 35.6 Å². The number of carboxylic acid groups (broad SMARTS) is 1. The lowest BCUT2D eigenvalue weighted by Crippen LogP contribution is -2.64. The van der Waals surface area contributed by atoms with Gasteiger partial charge in [0.2, 0.25) is 47.5 Å². The zero-order chi connectivity index (χ0) is 73.5. The highest BCUT2D eigenvalue weighted by atomic mass is 35.5. The number of hydrogen-bond donors (Lipinski definition) is 20. The van der Waals surface area contributed by atoms with Gasteiger partial charge in [0.15, 0.2) is 23.9 Å². The van der Waals surface area contributed by atoms with Gasteiger partial charge in [0.1, 0.15) is 95.7 Å². The smallest absolute Gasteiger partial charge is 0.325 e. The number of rotatable bonds is 13. The van der Waals surface area contributed by atoms with E-state index in [2.05, 4.69) is 37.2 Å². The number of nitrogens with two attached hydrogens (primary N) is 2. The first-order chi connectivity index (χ1) is 47.7. The standard InChI is InChI=1S/C66H77Cl2N9O24.ClH/c1-23(2)12-34(71-5)58(88)76-49-51(83)26-7-10-38(32(67)14-26)97-40-16-28-17-41(55(40)101-65-56(54(86)53(85)42(22-78)99-65)100-44-21-66(4,70)57(87)24(3)96-44)98-39-11-8-27(15-33(39)68)52(84)50-63(93)75-48(64(94)95)31-18-29(79)19-37(81)45(31)30-13-25(6-9-36(30)80)46(60(90)77-50)74-61(91)47(28)73-59(89)35(20-43(69)82)72-62(49)92;/h6-11,13-19,23-24,34-35,42,44,46-54,56-57,63,65,71,75,78-81,83-87,93H,12,20-22,70H2,1-5H3,(H2,69,82)(H,72,92)(H,73,89)(H,74,91)(H,76,88)(H,77,90)(H,94,95);1H. The number of aliphatic hydroxyl groups excluding tert-OH is 7. The van der Waals surface area contributed by atoms with Crippen LogP contribution in [0.1, 0.15) is 105 Å². The molecule has 7 aliphatic heterocycles. The van der Waals surface area contributed by atoms with Crippen molar-refractivity contribution in [2.24, 2.45) is 17.4 Å². The highest BCUT2D eigenvalue weighted by molar-refractivity contribution is 6.32. The van der Waals surface area contributed by atoms with Crippen molar-refractivity contribution in [3.05, 3.63) is 117 Å². The summed E-state index contributed by atoms with van der Waals surface area (Å²) < 4.78 is 38.4. The fourth-order valence-corrected chi connectivity index (χ4v) is 13.1. The number of fused-ring (bicyclic) bond motifs is 15. The van der Waals surface area contributed by atoms with Crippen molar-refractivity contribution in [3.8, 4) is 57.1 Å². The Hall–Kier alpha value is -8.46. The van der Waals surface area contributed by atoms with E-state index in [0.29, 0.717) is 0 Å². The predicted molar refractivity (Wildman–Crippen MR) is 358 cm³/mol. The quantitative estimate of drug-likeness (QED) is 0.0755. The average molecular weight is 1490 g/mol. The van der Waals surface area contributed by atoms with Crippen molar-refractivity contribution < 1.29 is 118 Å². The number of hydrogen-bond acceptors (Lipinski definition) is 26. The number of carboxylic acids is 1. The number of halogens is 3. The third-order valence-corrected chi connectivity index (χ3v) is 18.5. The SMILES string of the molecule is CNC(CC(C)C)C(=O)NC1C(=O)NC(CC(N)=O)C(=O)NC2C(=O)NC3C(=O)NC(C(O)NC(C(=O)O)c4cc(O)cc(O)c4-c4cc3ccc4O)C(O)c3ccc(c(Cl)c3)Oc3cc2cc(c3OC2OC(CO)C(O)C(O)C2OC2CC(C)(N)C(O)C(C)O2)Oc2ccc(cc2Cl)C1O.Cl. The Labute approximate surface area is 597 Å². The van der Waals surface area contributed by atoms with Gasteiger partial charge in [0.25, 0.3) is 0 Å². The van der Waals surface area contributed by atoms with Crippen molar-refractivity contribution in [2.45, 2.75) is 162 Å². The van der Waals surface area contributed by atoms with Crippen molar-refractivity contribution in [3.63, 3.8) is 0 Å². The lowest BCUT2D eigenvalue weighted by molar-refractivity contribution is -0.333. The number of nitrogens with one attached hydrogen (secondary N) is 7. The number of phenolic OH excluding ortho intramolecular Hbond substituents is 3. The van der Waals surface area contributed by atoms with Gasteiger partial charge < -0.3 is 128 Å². The van der Waals surface area contributed by atoms with E-state index >= 15 is 14.4 Å². The van der Waals surface area contributed by atoms with Crippen LogP contribution in [0, 0.1) is 5.92 Å². The van der Waals surface area contributed by atoms with Crippen molar-refractivity contribution >= 4 is 77.0 Å². The number of likely N-dealkylation sites (N-methyl/N-ethyl adjacent to an activating group) is 1. The van der Waals surface area contributed by atoms with E-state index in [1.165, 1.54) is 39.1 Å². The maximum atomic E-state index is 16.0. The molecule has 5 aromatic rings. The topological polar surface area (TPSA) is 534 Å². The number of carbonyl (C=O) groups excluding carboxylic acids is 6. The van der Waals surface area contributed by atoms with Crippen LogP contribution in [-0.4, -0.2) is 196 Å². The minimum atomic E-state index is -2.38. The molecule has 2 fully saturated rings. The summed E-state index contributed by atoms with van der Waals surface area (Å²) in [7, 11) is 1.48. The molecule has 552 valence electrons. The molecule has 6 amide bonds. The molecule has 7 aliphatic rings. The maximum Gasteiger partial charge on any atom is 0.325 e. The first-order valence-electron chi connectivity index (χ1n) is 31.8. The summed E-state index contributed by atoms with van der Waals surface area (Å²) in [5.41, 5.74) is 8.26. The highest BCUT2D eigenvalue weighted by Crippen LogP contribution is 2.50. The van der Waals surface area contributed by atoms with Gasteiger partial charge in [-0.25, -0.2) is 0 Å². The number of benzene rings is 5. The number of amides is 6. The highest BCUT2D eigenvalue weighted by Gasteiger charge is 2.51. The fraction of sp³-hybridized carbons (Fsp3) is 0.439. The third-order valence-electron chi connectivity index (χ3n) is 17.9. The van der Waals surface area contributed by atoms with E-state index in [-0.39, 0.29) is 64.4 Å². The van der Waals surface area contributed by atoms with Gasteiger partial charge in [0.05, 0.1) is 47.4 Å². The van der Waals surface area contributed by atoms with E-state index in [1.807, 2.05) is 13.8 Å². The summed E-state index contributed by atoms with van der Waals surface area (Å²) in [6.07, 6.45) is -20.8. The van der Waals surface area contributed by atoms with Gasteiger partial charge in [-0.2, -0.15) is 0 Å². The molecule has 0 saturated carbocycles. The summed E-state index contributed by atoms with van der Waals surface area (Å²) >= 11 is 14.1. The molecule has 102 heavy (non-hydrogen) atoms. The number of carbonyl (C=O) groups is 7. The van der Waals surface area contributed by atoms with Crippen LogP contribution in [0.15, 0.2) is 78.9 Å². The van der Waals surface area contributed by atoms with E-state index in [1.54, 1.807) is 0 Å². The number of primary amides is 1. The van der Waals surface area contributed by atoms with Crippen LogP contribution < -0.4 is 62.9 Å². The second-order valence-corrected chi connectivity index (χ2v) is 26.7. The molecule has 0 radical (unpaired) electrons. The Balaban J connectivity index is 0.0000121. The molecule has 0 aliphatic carbocycles. The number of aliphatic hydroxyl groups is 7.